The first kappa shape index (κ1) is 12.8. The van der Waals surface area contributed by atoms with Crippen molar-refractivity contribution in [1.82, 2.24) is 4.90 Å². The van der Waals surface area contributed by atoms with E-state index < -0.39 is 5.97 Å². The summed E-state index contributed by atoms with van der Waals surface area (Å²) in [5.74, 6) is -0.694. The first-order chi connectivity index (χ1) is 8.17. The van der Waals surface area contributed by atoms with Gasteiger partial charge in [-0.1, -0.05) is 6.92 Å². The summed E-state index contributed by atoms with van der Waals surface area (Å²) < 4.78 is 5.98. The predicted molar refractivity (Wildman–Crippen MR) is 65.1 cm³/mol. The fourth-order valence-electron chi connectivity index (χ4n) is 3.22. The molecule has 2 aliphatic heterocycles. The highest BCUT2D eigenvalue weighted by molar-refractivity contribution is 5.73. The van der Waals surface area contributed by atoms with E-state index in [4.69, 9.17) is 4.74 Å². The second-order valence-electron chi connectivity index (χ2n) is 5.32. The van der Waals surface area contributed by atoms with Crippen LogP contribution in [0.25, 0.3) is 0 Å². The molecule has 0 aromatic carbocycles. The van der Waals surface area contributed by atoms with Crippen LogP contribution in [0.2, 0.25) is 0 Å². The molecule has 0 unspecified atom stereocenters. The summed E-state index contributed by atoms with van der Waals surface area (Å²) in [7, 11) is 0. The van der Waals surface area contributed by atoms with Crippen molar-refractivity contribution in [3.8, 4) is 0 Å². The molecule has 0 amide bonds. The lowest BCUT2D eigenvalue weighted by Gasteiger charge is -2.46. The van der Waals surface area contributed by atoms with Crippen LogP contribution in [-0.4, -0.2) is 47.3 Å². The Morgan fingerprint density at radius 2 is 2.18 bits per heavy atom. The minimum Gasteiger partial charge on any atom is -0.480 e. The van der Waals surface area contributed by atoms with Gasteiger partial charge in [0, 0.05) is 13.2 Å². The van der Waals surface area contributed by atoms with Gasteiger partial charge in [-0.05, 0) is 45.1 Å². The van der Waals surface area contributed by atoms with E-state index in [1.807, 2.05) is 6.92 Å². The van der Waals surface area contributed by atoms with Crippen LogP contribution in [-0.2, 0) is 9.53 Å². The summed E-state index contributed by atoms with van der Waals surface area (Å²) in [5, 5.41) is 9.23. The van der Waals surface area contributed by atoms with Crippen molar-refractivity contribution < 1.29 is 14.6 Å². The van der Waals surface area contributed by atoms with Gasteiger partial charge in [-0.25, -0.2) is 0 Å². The third kappa shape index (κ3) is 2.80. The molecule has 0 aliphatic carbocycles. The maximum atomic E-state index is 11.2. The molecule has 1 N–H and O–H groups in total. The van der Waals surface area contributed by atoms with E-state index in [1.54, 1.807) is 0 Å². The van der Waals surface area contributed by atoms with Crippen LogP contribution in [0.5, 0.6) is 0 Å². The molecule has 1 spiro atoms. The van der Waals surface area contributed by atoms with Crippen molar-refractivity contribution in [3.05, 3.63) is 0 Å². The summed E-state index contributed by atoms with van der Waals surface area (Å²) in [6.45, 7) is 4.49. The molecule has 2 atom stereocenters. The van der Waals surface area contributed by atoms with Gasteiger partial charge in [0.2, 0.25) is 0 Å². The number of hydrogen-bond acceptors (Lipinski definition) is 3. The number of hydrogen-bond donors (Lipinski definition) is 1. The molecular weight excluding hydrogens is 218 g/mol. The van der Waals surface area contributed by atoms with Gasteiger partial charge in [-0.15, -0.1) is 0 Å². The molecule has 0 aromatic rings. The number of piperidine rings is 1. The minimum absolute atomic E-state index is 0.0423. The molecule has 98 valence electrons. The molecule has 2 aliphatic rings. The summed E-state index contributed by atoms with van der Waals surface area (Å²) in [6.07, 6.45) is 6.30. The van der Waals surface area contributed by atoms with Crippen LogP contribution in [0, 0.1) is 0 Å². The zero-order chi connectivity index (χ0) is 12.3. The van der Waals surface area contributed by atoms with E-state index in [2.05, 4.69) is 4.90 Å². The second-order valence-corrected chi connectivity index (χ2v) is 5.32. The smallest absolute Gasteiger partial charge is 0.320 e. The molecular formula is C13H23NO3. The van der Waals surface area contributed by atoms with E-state index in [-0.39, 0.29) is 11.6 Å². The number of carboxylic acid groups (broad SMARTS) is 1. The van der Waals surface area contributed by atoms with Gasteiger partial charge in [0.15, 0.2) is 0 Å². The number of carbonyl (C=O) groups is 1. The molecule has 0 saturated carbocycles. The number of likely N-dealkylation sites (tertiary alicyclic amines) is 1. The largest absolute Gasteiger partial charge is 0.480 e. The SMILES string of the molecule is CC[C@@H](C(=O)O)N1CCC[C@]2(CCCCO2)C1. The molecule has 17 heavy (non-hydrogen) atoms. The van der Waals surface area contributed by atoms with Crippen molar-refractivity contribution >= 4 is 5.97 Å². The van der Waals surface area contributed by atoms with Crippen molar-refractivity contribution in [2.75, 3.05) is 19.7 Å². The van der Waals surface area contributed by atoms with Crippen LogP contribution in [0.15, 0.2) is 0 Å². The molecule has 2 heterocycles. The lowest BCUT2D eigenvalue weighted by molar-refractivity contribution is -0.152. The van der Waals surface area contributed by atoms with E-state index in [0.29, 0.717) is 6.42 Å². The van der Waals surface area contributed by atoms with Crippen LogP contribution < -0.4 is 0 Å². The van der Waals surface area contributed by atoms with Gasteiger partial charge < -0.3 is 9.84 Å². The molecule has 4 nitrogen and oxygen atoms in total. The quantitative estimate of drug-likeness (QED) is 0.819. The van der Waals surface area contributed by atoms with E-state index in [9.17, 15) is 9.90 Å². The fourth-order valence-corrected chi connectivity index (χ4v) is 3.22. The van der Waals surface area contributed by atoms with E-state index >= 15 is 0 Å². The fraction of sp³-hybridized carbons (Fsp3) is 0.923. The van der Waals surface area contributed by atoms with Crippen molar-refractivity contribution in [2.24, 2.45) is 0 Å². The first-order valence-corrected chi connectivity index (χ1v) is 6.78. The predicted octanol–water partition coefficient (Wildman–Crippen LogP) is 1.88. The summed E-state index contributed by atoms with van der Waals surface area (Å²) >= 11 is 0. The molecule has 0 bridgehead atoms. The normalized spacial score (nSPS) is 32.5. The summed E-state index contributed by atoms with van der Waals surface area (Å²) in [5.41, 5.74) is -0.0423. The highest BCUT2D eigenvalue weighted by atomic mass is 16.5. The van der Waals surface area contributed by atoms with Crippen molar-refractivity contribution in [2.45, 2.75) is 57.1 Å². The average Bonchev–Trinajstić information content (AvgIpc) is 2.30. The van der Waals surface area contributed by atoms with E-state index in [1.165, 1.54) is 6.42 Å². The molecule has 2 rings (SSSR count). The van der Waals surface area contributed by atoms with Gasteiger partial charge in [0.1, 0.15) is 6.04 Å². The zero-order valence-corrected chi connectivity index (χ0v) is 10.7. The molecule has 2 fully saturated rings. The molecule has 0 radical (unpaired) electrons. The number of rotatable bonds is 3. The van der Waals surface area contributed by atoms with E-state index in [0.717, 1.165) is 45.4 Å². The lowest BCUT2D eigenvalue weighted by atomic mass is 9.85. The highest BCUT2D eigenvalue weighted by Gasteiger charge is 2.40. The van der Waals surface area contributed by atoms with Crippen LogP contribution in [0.3, 0.4) is 0 Å². The Bertz CT molecular complexity index is 268. The lowest BCUT2D eigenvalue weighted by Crippen LogP contribution is -2.55. The molecule has 2 saturated heterocycles. The Balaban J connectivity index is 2.02. The summed E-state index contributed by atoms with van der Waals surface area (Å²) in [4.78, 5) is 13.3. The topological polar surface area (TPSA) is 49.8 Å². The van der Waals surface area contributed by atoms with Gasteiger partial charge in [0.05, 0.1) is 5.60 Å². The van der Waals surface area contributed by atoms with Gasteiger partial charge in [-0.2, -0.15) is 0 Å². The van der Waals surface area contributed by atoms with Gasteiger partial charge >= 0.3 is 5.97 Å². The number of carboxylic acids is 1. The van der Waals surface area contributed by atoms with Gasteiger partial charge in [-0.3, -0.25) is 9.69 Å². The maximum absolute atomic E-state index is 11.2. The van der Waals surface area contributed by atoms with Crippen LogP contribution in [0.4, 0.5) is 0 Å². The highest BCUT2D eigenvalue weighted by Crippen LogP contribution is 2.34. The van der Waals surface area contributed by atoms with Crippen LogP contribution >= 0.6 is 0 Å². The Kier molecular flexibility index (Phi) is 4.05. The maximum Gasteiger partial charge on any atom is 0.320 e. The van der Waals surface area contributed by atoms with Crippen molar-refractivity contribution in [3.63, 3.8) is 0 Å². The third-order valence-corrected chi connectivity index (χ3v) is 4.12. The Hall–Kier alpha value is -0.610. The Morgan fingerprint density at radius 3 is 2.76 bits per heavy atom. The number of aliphatic carboxylic acids is 1. The second kappa shape index (κ2) is 5.36. The summed E-state index contributed by atoms with van der Waals surface area (Å²) in [6, 6.07) is -0.335. The zero-order valence-electron chi connectivity index (χ0n) is 10.7. The van der Waals surface area contributed by atoms with Crippen LogP contribution in [0.1, 0.15) is 45.4 Å². The number of nitrogens with zero attached hydrogens (tertiary/aromatic N) is 1. The standard InChI is InChI=1S/C13H23NO3/c1-2-11(12(15)16)14-8-5-7-13(10-14)6-3-4-9-17-13/h11H,2-10H2,1H3,(H,15,16)/t11-,13+/m0/s1. The molecule has 4 heteroatoms. The number of ether oxygens (including phenoxy) is 1. The van der Waals surface area contributed by atoms with Crippen molar-refractivity contribution in [1.29, 1.82) is 0 Å². The third-order valence-electron chi connectivity index (χ3n) is 4.12. The monoisotopic (exact) mass is 241 g/mol. The Labute approximate surface area is 103 Å². The average molecular weight is 241 g/mol. The Morgan fingerprint density at radius 1 is 1.41 bits per heavy atom. The first-order valence-electron chi connectivity index (χ1n) is 6.78. The minimum atomic E-state index is -0.694. The van der Waals surface area contributed by atoms with Gasteiger partial charge in [0.25, 0.3) is 0 Å². The molecule has 0 aromatic heterocycles.